The van der Waals surface area contributed by atoms with E-state index in [0.29, 0.717) is 29.5 Å². The minimum absolute atomic E-state index is 0.108. The third-order valence-electron chi connectivity index (χ3n) is 5.18. The summed E-state index contributed by atoms with van der Waals surface area (Å²) in [5, 5.41) is 16.5. The molecule has 9 heteroatoms. The van der Waals surface area contributed by atoms with Crippen molar-refractivity contribution in [2.75, 3.05) is 0 Å². The Balaban J connectivity index is 1.46. The smallest absolute Gasteiger partial charge is 0.265 e. The highest BCUT2D eigenvalue weighted by atomic mass is 19.3. The molecule has 3 aromatic rings. The zero-order valence-electron chi connectivity index (χ0n) is 17.5. The number of hydrogen-bond donors (Lipinski definition) is 0. The molecule has 0 spiro atoms. The number of halogens is 2. The maximum absolute atomic E-state index is 12.8. The molecule has 4 rings (SSSR count). The maximum Gasteiger partial charge on any atom is 0.265 e. The molecule has 0 saturated heterocycles. The van der Waals surface area contributed by atoms with Gasteiger partial charge in [0.05, 0.1) is 11.4 Å². The van der Waals surface area contributed by atoms with E-state index >= 15 is 0 Å². The number of aryl methyl sites for hydroxylation is 1. The van der Waals surface area contributed by atoms with E-state index in [-0.39, 0.29) is 18.1 Å². The second-order valence-corrected chi connectivity index (χ2v) is 7.35. The second-order valence-electron chi connectivity index (χ2n) is 7.35. The summed E-state index contributed by atoms with van der Waals surface area (Å²) < 4.78 is 32.8. The van der Waals surface area contributed by atoms with E-state index in [1.54, 1.807) is 13.0 Å². The van der Waals surface area contributed by atoms with Crippen LogP contribution in [0.1, 0.15) is 42.4 Å². The summed E-state index contributed by atoms with van der Waals surface area (Å²) in [6, 6.07) is 6.34. The third kappa shape index (κ3) is 4.39. The molecule has 7 nitrogen and oxygen atoms in total. The minimum atomic E-state index is -2.58. The van der Waals surface area contributed by atoms with Gasteiger partial charge in [-0.25, -0.2) is 13.8 Å². The first-order valence-electron chi connectivity index (χ1n) is 9.92. The van der Waals surface area contributed by atoms with E-state index in [4.69, 9.17) is 11.2 Å². The first-order chi connectivity index (χ1) is 15.5. The molecule has 0 N–H and O–H groups in total. The van der Waals surface area contributed by atoms with E-state index in [2.05, 4.69) is 43.6 Å². The van der Waals surface area contributed by atoms with Gasteiger partial charge in [-0.2, -0.15) is 4.68 Å². The van der Waals surface area contributed by atoms with Gasteiger partial charge in [-0.15, -0.1) is 27.6 Å². The Morgan fingerprint density at radius 2 is 2.00 bits per heavy atom. The molecule has 0 aliphatic heterocycles. The van der Waals surface area contributed by atoms with Gasteiger partial charge in [-0.1, -0.05) is 22.9 Å². The molecule has 32 heavy (non-hydrogen) atoms. The van der Waals surface area contributed by atoms with Crippen molar-refractivity contribution in [1.29, 1.82) is 0 Å². The van der Waals surface area contributed by atoms with Crippen molar-refractivity contribution >= 4 is 5.57 Å². The van der Waals surface area contributed by atoms with Gasteiger partial charge in [0.1, 0.15) is 12.3 Å². The number of aromatic nitrogens is 6. The summed E-state index contributed by atoms with van der Waals surface area (Å²) in [5.41, 5.74) is 4.02. The molecule has 3 heterocycles. The first kappa shape index (κ1) is 21.3. The van der Waals surface area contributed by atoms with Crippen LogP contribution in [0.4, 0.5) is 8.78 Å². The van der Waals surface area contributed by atoms with E-state index in [0.717, 1.165) is 17.5 Å². The minimum Gasteiger partial charge on any atom is -0.470 e. The molecule has 0 radical (unpaired) electrons. The SMILES string of the molecule is C#CCC1C=C(c2ccc(OCc3c(C)nnn3-c3ccc(C(F)F)cn3)nn2)C=C1C. The molecule has 3 aromatic heterocycles. The molecular weight excluding hydrogens is 414 g/mol. The number of hydrogen-bond acceptors (Lipinski definition) is 6. The Bertz CT molecular complexity index is 1210. The standard InChI is InChI=1S/C23H20F2N6O/c1-4-5-16-11-18(10-14(16)2)19-7-9-22(29-28-19)32-13-20-15(3)27-30-31(20)21-8-6-17(12-26-21)23(24)25/h1,6-12,16,23H,5,13H2,2-3H3. The third-order valence-corrected chi connectivity index (χ3v) is 5.18. The highest BCUT2D eigenvalue weighted by Crippen LogP contribution is 2.31. The molecule has 0 amide bonds. The second kappa shape index (κ2) is 9.06. The number of pyridine rings is 1. The van der Waals surface area contributed by atoms with Crippen molar-refractivity contribution in [3.63, 3.8) is 0 Å². The van der Waals surface area contributed by atoms with Crippen LogP contribution in [-0.4, -0.2) is 30.2 Å². The quantitative estimate of drug-likeness (QED) is 0.517. The lowest BCUT2D eigenvalue weighted by Crippen LogP contribution is -2.09. The van der Waals surface area contributed by atoms with Gasteiger partial charge < -0.3 is 4.74 Å². The summed E-state index contributed by atoms with van der Waals surface area (Å²) in [5.74, 6) is 3.62. The number of allylic oxidation sites excluding steroid dienone is 4. The van der Waals surface area contributed by atoms with Crippen LogP contribution in [0.5, 0.6) is 5.88 Å². The lowest BCUT2D eigenvalue weighted by atomic mass is 10.0. The highest BCUT2D eigenvalue weighted by Gasteiger charge is 2.18. The topological polar surface area (TPSA) is 78.6 Å². The van der Waals surface area contributed by atoms with E-state index in [1.807, 2.05) is 13.0 Å². The first-order valence-corrected chi connectivity index (χ1v) is 9.92. The molecule has 1 unspecified atom stereocenters. The summed E-state index contributed by atoms with van der Waals surface area (Å²) in [6.07, 6.45) is 8.78. The number of terminal acetylenes is 1. The summed E-state index contributed by atoms with van der Waals surface area (Å²) in [4.78, 5) is 4.05. The number of ether oxygens (including phenoxy) is 1. The van der Waals surface area contributed by atoms with Crippen LogP contribution in [0.15, 0.2) is 48.2 Å². The van der Waals surface area contributed by atoms with Crippen LogP contribution >= 0.6 is 0 Å². The molecule has 0 fully saturated rings. The van der Waals surface area contributed by atoms with Gasteiger partial charge >= 0.3 is 0 Å². The van der Waals surface area contributed by atoms with Crippen LogP contribution in [-0.2, 0) is 6.61 Å². The van der Waals surface area contributed by atoms with Crippen LogP contribution in [0.2, 0.25) is 0 Å². The van der Waals surface area contributed by atoms with Crippen LogP contribution < -0.4 is 4.74 Å². The molecule has 0 saturated carbocycles. The molecule has 0 bridgehead atoms. The monoisotopic (exact) mass is 434 g/mol. The van der Waals surface area contributed by atoms with Gasteiger partial charge in [0.15, 0.2) is 5.82 Å². The number of alkyl halides is 2. The Hall–Kier alpha value is -3.93. The van der Waals surface area contributed by atoms with Gasteiger partial charge in [0.25, 0.3) is 6.43 Å². The van der Waals surface area contributed by atoms with Crippen LogP contribution in [0, 0.1) is 25.2 Å². The van der Waals surface area contributed by atoms with Gasteiger partial charge in [0, 0.05) is 30.2 Å². The van der Waals surface area contributed by atoms with E-state index in [9.17, 15) is 8.78 Å². The summed E-state index contributed by atoms with van der Waals surface area (Å²) in [6.45, 7) is 3.93. The maximum atomic E-state index is 12.8. The van der Waals surface area contributed by atoms with Gasteiger partial charge in [-0.05, 0) is 37.6 Å². The fourth-order valence-corrected chi connectivity index (χ4v) is 3.33. The van der Waals surface area contributed by atoms with E-state index < -0.39 is 6.43 Å². The van der Waals surface area contributed by atoms with Crippen molar-refractivity contribution in [3.05, 3.63) is 70.8 Å². The predicted molar refractivity (Wildman–Crippen MR) is 114 cm³/mol. The van der Waals surface area contributed by atoms with Crippen LogP contribution in [0.3, 0.4) is 0 Å². The van der Waals surface area contributed by atoms with Crippen molar-refractivity contribution in [1.82, 2.24) is 30.2 Å². The Labute approximate surface area is 183 Å². The van der Waals surface area contributed by atoms with E-state index in [1.165, 1.54) is 22.4 Å². The predicted octanol–water partition coefficient (Wildman–Crippen LogP) is 4.26. The zero-order valence-corrected chi connectivity index (χ0v) is 17.5. The average Bonchev–Trinajstić information content (AvgIpc) is 3.35. The lowest BCUT2D eigenvalue weighted by molar-refractivity contribution is 0.151. The molecule has 0 aromatic carbocycles. The largest absolute Gasteiger partial charge is 0.470 e. The lowest BCUT2D eigenvalue weighted by Gasteiger charge is -2.09. The molecular formula is C23H20F2N6O. The van der Waals surface area contributed by atoms with Crippen molar-refractivity contribution in [2.24, 2.45) is 5.92 Å². The number of rotatable bonds is 7. The normalized spacial score (nSPS) is 15.4. The summed E-state index contributed by atoms with van der Waals surface area (Å²) >= 11 is 0. The Kier molecular flexibility index (Phi) is 6.03. The highest BCUT2D eigenvalue weighted by molar-refractivity contribution is 5.76. The molecule has 1 atom stereocenters. The number of nitrogens with zero attached hydrogens (tertiary/aromatic N) is 6. The fourth-order valence-electron chi connectivity index (χ4n) is 3.33. The van der Waals surface area contributed by atoms with Crippen LogP contribution in [0.25, 0.3) is 11.4 Å². The van der Waals surface area contributed by atoms with Crippen molar-refractivity contribution in [3.8, 4) is 24.0 Å². The van der Waals surface area contributed by atoms with Gasteiger partial charge in [0.2, 0.25) is 5.88 Å². The van der Waals surface area contributed by atoms with Gasteiger partial charge in [-0.3, -0.25) is 0 Å². The molecule has 162 valence electrons. The molecule has 1 aliphatic carbocycles. The van der Waals surface area contributed by atoms with Crippen molar-refractivity contribution in [2.45, 2.75) is 33.3 Å². The Morgan fingerprint density at radius 1 is 1.16 bits per heavy atom. The Morgan fingerprint density at radius 3 is 2.66 bits per heavy atom. The van der Waals surface area contributed by atoms with Crippen molar-refractivity contribution < 1.29 is 13.5 Å². The fraction of sp³-hybridized carbons (Fsp3) is 0.261. The zero-order chi connectivity index (χ0) is 22.7. The average molecular weight is 434 g/mol. The summed E-state index contributed by atoms with van der Waals surface area (Å²) in [7, 11) is 0. The molecule has 1 aliphatic rings.